The fraction of sp³-hybridized carbons (Fsp3) is 0.250. The van der Waals surface area contributed by atoms with Crippen molar-refractivity contribution in [2.75, 3.05) is 21.2 Å². The number of para-hydroxylation sites is 1. The van der Waals surface area contributed by atoms with Crippen molar-refractivity contribution in [3.8, 4) is 22.7 Å². The highest BCUT2D eigenvalue weighted by Gasteiger charge is 2.31. The van der Waals surface area contributed by atoms with Gasteiger partial charge in [-0.25, -0.2) is 9.59 Å². The number of alkyl carbamates (subject to hydrolysis) is 2. The van der Waals surface area contributed by atoms with E-state index in [2.05, 4.69) is 27.3 Å². The standard InChI is InChI=1S/C24H25N3O5/c1-25-23(28)31-13-18-19(14-32-24(29)26-2)22(15-8-10-17(30-3)11-9-15)27-20-7-5-4-6-16(20)12-21(18)27/h4-11H,12-14H2,1-3H3,(H,25,28)(H,26,29). The zero-order valence-electron chi connectivity index (χ0n) is 18.2. The maximum atomic E-state index is 11.9. The molecular formula is C24H25N3O5. The molecule has 0 saturated carbocycles. The van der Waals surface area contributed by atoms with Crippen LogP contribution < -0.4 is 15.4 Å². The Morgan fingerprint density at radius 2 is 1.53 bits per heavy atom. The maximum Gasteiger partial charge on any atom is 0.407 e. The fourth-order valence-corrected chi connectivity index (χ4v) is 4.03. The van der Waals surface area contributed by atoms with Crippen molar-refractivity contribution >= 4 is 12.2 Å². The molecule has 1 aliphatic heterocycles. The predicted octanol–water partition coefficient (Wildman–Crippen LogP) is 3.77. The third-order valence-corrected chi connectivity index (χ3v) is 5.55. The molecule has 32 heavy (non-hydrogen) atoms. The number of rotatable bonds is 6. The molecule has 0 unspecified atom stereocenters. The van der Waals surface area contributed by atoms with Gasteiger partial charge in [-0.1, -0.05) is 18.2 Å². The molecule has 0 bridgehead atoms. The number of hydrogen-bond acceptors (Lipinski definition) is 5. The zero-order chi connectivity index (χ0) is 22.7. The van der Waals surface area contributed by atoms with Gasteiger partial charge in [-0.15, -0.1) is 0 Å². The number of carbonyl (C=O) groups is 2. The zero-order valence-corrected chi connectivity index (χ0v) is 18.2. The van der Waals surface area contributed by atoms with Crippen molar-refractivity contribution in [1.29, 1.82) is 0 Å². The summed E-state index contributed by atoms with van der Waals surface area (Å²) in [5, 5.41) is 4.95. The van der Waals surface area contributed by atoms with Crippen LogP contribution in [0.25, 0.3) is 16.9 Å². The molecule has 1 aromatic heterocycles. The number of fused-ring (bicyclic) bond motifs is 3. The lowest BCUT2D eigenvalue weighted by Crippen LogP contribution is -2.20. The minimum atomic E-state index is -0.532. The average Bonchev–Trinajstić information content (AvgIpc) is 3.35. The Kier molecular flexibility index (Phi) is 6.02. The van der Waals surface area contributed by atoms with Crippen LogP contribution in [0, 0.1) is 0 Å². The number of aromatic nitrogens is 1. The number of nitrogens with zero attached hydrogens (tertiary/aromatic N) is 1. The van der Waals surface area contributed by atoms with E-state index in [1.807, 2.05) is 36.4 Å². The van der Waals surface area contributed by atoms with Crippen molar-refractivity contribution in [1.82, 2.24) is 15.2 Å². The first-order chi connectivity index (χ1) is 15.6. The van der Waals surface area contributed by atoms with E-state index in [0.29, 0.717) is 6.42 Å². The Morgan fingerprint density at radius 3 is 2.16 bits per heavy atom. The second kappa shape index (κ2) is 9.05. The summed E-state index contributed by atoms with van der Waals surface area (Å²) in [4.78, 5) is 23.7. The minimum absolute atomic E-state index is 0.0373. The smallest absolute Gasteiger partial charge is 0.407 e. The summed E-state index contributed by atoms with van der Waals surface area (Å²) in [5.41, 5.74) is 6.71. The Bertz CT molecular complexity index is 1150. The van der Waals surface area contributed by atoms with E-state index in [1.54, 1.807) is 7.11 Å². The maximum absolute atomic E-state index is 11.9. The molecule has 8 heteroatoms. The normalized spacial score (nSPS) is 11.3. The molecule has 8 nitrogen and oxygen atoms in total. The van der Waals surface area contributed by atoms with E-state index in [0.717, 1.165) is 39.5 Å². The Morgan fingerprint density at radius 1 is 0.906 bits per heavy atom. The van der Waals surface area contributed by atoms with E-state index >= 15 is 0 Å². The number of ether oxygens (including phenoxy) is 3. The van der Waals surface area contributed by atoms with Gasteiger partial charge in [0, 0.05) is 43.0 Å². The number of hydrogen-bond donors (Lipinski definition) is 2. The number of amides is 2. The number of benzene rings is 2. The van der Waals surface area contributed by atoms with Crippen molar-refractivity contribution in [2.45, 2.75) is 19.6 Å². The van der Waals surface area contributed by atoms with Gasteiger partial charge in [-0.05, 0) is 41.5 Å². The summed E-state index contributed by atoms with van der Waals surface area (Å²) < 4.78 is 18.3. The van der Waals surface area contributed by atoms with Gasteiger partial charge in [0.25, 0.3) is 0 Å². The lowest BCUT2D eigenvalue weighted by molar-refractivity contribution is 0.134. The Balaban J connectivity index is 1.90. The van der Waals surface area contributed by atoms with Gasteiger partial charge in [-0.2, -0.15) is 0 Å². The molecule has 0 atom stereocenters. The lowest BCUT2D eigenvalue weighted by atomic mass is 10.0. The molecule has 0 saturated heterocycles. The largest absolute Gasteiger partial charge is 0.497 e. The first-order valence-electron chi connectivity index (χ1n) is 10.2. The summed E-state index contributed by atoms with van der Waals surface area (Å²) in [6.45, 7) is 0.0984. The van der Waals surface area contributed by atoms with Crippen LogP contribution in [-0.4, -0.2) is 38.0 Å². The molecule has 2 aromatic carbocycles. The molecule has 0 aliphatic carbocycles. The van der Waals surface area contributed by atoms with Gasteiger partial charge >= 0.3 is 12.2 Å². The van der Waals surface area contributed by atoms with Crippen molar-refractivity contribution in [3.63, 3.8) is 0 Å². The van der Waals surface area contributed by atoms with Crippen LogP contribution >= 0.6 is 0 Å². The lowest BCUT2D eigenvalue weighted by Gasteiger charge is -2.13. The quantitative estimate of drug-likeness (QED) is 0.481. The third kappa shape index (κ3) is 3.87. The Labute approximate surface area is 186 Å². The van der Waals surface area contributed by atoms with Gasteiger partial charge in [0.1, 0.15) is 19.0 Å². The van der Waals surface area contributed by atoms with Crippen LogP contribution in [0.1, 0.15) is 22.4 Å². The fourth-order valence-electron chi connectivity index (χ4n) is 4.03. The highest BCUT2D eigenvalue weighted by molar-refractivity contribution is 5.75. The minimum Gasteiger partial charge on any atom is -0.497 e. The number of methoxy groups -OCH3 is 1. The summed E-state index contributed by atoms with van der Waals surface area (Å²) in [5.74, 6) is 0.744. The van der Waals surface area contributed by atoms with Gasteiger partial charge in [0.2, 0.25) is 0 Å². The SMILES string of the molecule is CNC(=O)OCc1c(COC(=O)NC)c(-c2ccc(OC)cc2)n2c1Cc1ccccc1-2. The van der Waals surface area contributed by atoms with Crippen molar-refractivity contribution < 1.29 is 23.8 Å². The topological polar surface area (TPSA) is 90.8 Å². The van der Waals surface area contributed by atoms with E-state index in [1.165, 1.54) is 19.7 Å². The summed E-state index contributed by atoms with van der Waals surface area (Å²) in [7, 11) is 4.65. The highest BCUT2D eigenvalue weighted by atomic mass is 16.6. The van der Waals surface area contributed by atoms with E-state index in [4.69, 9.17) is 14.2 Å². The van der Waals surface area contributed by atoms with Gasteiger partial charge < -0.3 is 29.4 Å². The summed E-state index contributed by atoms with van der Waals surface area (Å²) in [6, 6.07) is 15.9. The van der Waals surface area contributed by atoms with Crippen LogP contribution in [0.3, 0.4) is 0 Å². The number of nitrogens with one attached hydrogen (secondary N) is 2. The molecule has 1 aliphatic rings. The molecule has 2 heterocycles. The van der Waals surface area contributed by atoms with Crippen LogP contribution in [0.5, 0.6) is 5.75 Å². The summed E-state index contributed by atoms with van der Waals surface area (Å²) in [6.07, 6.45) is -0.369. The molecule has 166 valence electrons. The van der Waals surface area contributed by atoms with E-state index in [9.17, 15) is 9.59 Å². The first kappa shape index (κ1) is 21.3. The number of carbonyl (C=O) groups excluding carboxylic acids is 2. The van der Waals surface area contributed by atoms with E-state index in [-0.39, 0.29) is 13.2 Å². The molecule has 3 aromatic rings. The monoisotopic (exact) mass is 435 g/mol. The molecule has 2 N–H and O–H groups in total. The molecule has 4 rings (SSSR count). The second-order valence-corrected chi connectivity index (χ2v) is 7.27. The van der Waals surface area contributed by atoms with Crippen molar-refractivity contribution in [2.24, 2.45) is 0 Å². The molecular weight excluding hydrogens is 410 g/mol. The molecule has 2 amide bonds. The van der Waals surface area contributed by atoms with Gasteiger partial charge in [0.15, 0.2) is 0 Å². The van der Waals surface area contributed by atoms with Crippen LogP contribution in [0.15, 0.2) is 48.5 Å². The van der Waals surface area contributed by atoms with E-state index < -0.39 is 12.2 Å². The van der Waals surface area contributed by atoms with Crippen molar-refractivity contribution in [3.05, 3.63) is 70.9 Å². The highest BCUT2D eigenvalue weighted by Crippen LogP contribution is 2.42. The summed E-state index contributed by atoms with van der Waals surface area (Å²) >= 11 is 0. The Hall–Kier alpha value is -3.94. The molecule has 0 fully saturated rings. The van der Waals surface area contributed by atoms with Crippen LogP contribution in [0.4, 0.5) is 9.59 Å². The third-order valence-electron chi connectivity index (χ3n) is 5.55. The molecule has 0 spiro atoms. The van der Waals surface area contributed by atoms with Gasteiger partial charge in [0.05, 0.1) is 12.8 Å². The van der Waals surface area contributed by atoms with Gasteiger partial charge in [-0.3, -0.25) is 0 Å². The molecule has 0 radical (unpaired) electrons. The first-order valence-corrected chi connectivity index (χ1v) is 10.2. The predicted molar refractivity (Wildman–Crippen MR) is 119 cm³/mol. The average molecular weight is 435 g/mol. The van der Waals surface area contributed by atoms with Crippen LogP contribution in [0.2, 0.25) is 0 Å². The van der Waals surface area contributed by atoms with Crippen LogP contribution in [-0.2, 0) is 29.1 Å². The second-order valence-electron chi connectivity index (χ2n) is 7.27.